The molecule has 0 aliphatic carbocycles. The van der Waals surface area contributed by atoms with E-state index in [0.29, 0.717) is 5.69 Å². The minimum atomic E-state index is -3.62. The zero-order chi connectivity index (χ0) is 17.0. The van der Waals surface area contributed by atoms with Gasteiger partial charge in [0.05, 0.1) is 27.7 Å². The molecule has 0 aromatic heterocycles. The second kappa shape index (κ2) is 7.21. The largest absolute Gasteiger partial charge is 0.322 e. The second-order valence-electron chi connectivity index (χ2n) is 4.75. The third-order valence-corrected chi connectivity index (χ3v) is 4.73. The monoisotopic (exact) mass is 372 g/mol. The smallest absolute Gasteiger partial charge is 0.245 e. The summed E-state index contributed by atoms with van der Waals surface area (Å²) in [6.45, 7) is -0.385. The molecule has 1 N–H and O–H groups in total. The maximum Gasteiger partial charge on any atom is 0.245 e. The Balaban J connectivity index is 2.22. The Hall–Kier alpha value is -1.76. The molecule has 8 heteroatoms. The van der Waals surface area contributed by atoms with E-state index in [9.17, 15) is 13.2 Å². The molecule has 2 rings (SSSR count). The first kappa shape index (κ1) is 17.6. The summed E-state index contributed by atoms with van der Waals surface area (Å²) in [5.41, 5.74) is 0.651. The van der Waals surface area contributed by atoms with E-state index in [2.05, 4.69) is 5.32 Å². The van der Waals surface area contributed by atoms with Gasteiger partial charge in [0.15, 0.2) is 0 Å². The number of hydrogen-bond acceptors (Lipinski definition) is 3. The van der Waals surface area contributed by atoms with Crippen LogP contribution in [0.15, 0.2) is 48.5 Å². The summed E-state index contributed by atoms with van der Waals surface area (Å²) in [6, 6.07) is 13.2. The summed E-state index contributed by atoms with van der Waals surface area (Å²) in [6.07, 6.45) is 1.04. The summed E-state index contributed by atoms with van der Waals surface area (Å²) in [5, 5.41) is 3.09. The van der Waals surface area contributed by atoms with E-state index >= 15 is 0 Å². The lowest BCUT2D eigenvalue weighted by Crippen LogP contribution is -2.37. The standard InChI is InChI=1S/C15H14Cl2N2O3S/c1-23(21,22)19(11-6-3-2-4-7-11)10-14(20)18-15-12(16)8-5-9-13(15)17/h2-9H,10H2,1H3,(H,18,20). The van der Waals surface area contributed by atoms with Crippen LogP contribution in [0.1, 0.15) is 0 Å². The average molecular weight is 373 g/mol. The number of halogens is 2. The minimum Gasteiger partial charge on any atom is -0.322 e. The predicted octanol–water partition coefficient (Wildman–Crippen LogP) is 3.40. The summed E-state index contributed by atoms with van der Waals surface area (Å²) in [7, 11) is -3.62. The molecule has 0 aliphatic rings. The van der Waals surface area contributed by atoms with Gasteiger partial charge in [-0.15, -0.1) is 0 Å². The Morgan fingerprint density at radius 2 is 1.61 bits per heavy atom. The van der Waals surface area contributed by atoms with E-state index in [0.717, 1.165) is 10.6 Å². The van der Waals surface area contributed by atoms with Gasteiger partial charge >= 0.3 is 0 Å². The van der Waals surface area contributed by atoms with Crippen molar-refractivity contribution in [3.63, 3.8) is 0 Å². The van der Waals surface area contributed by atoms with Gasteiger partial charge in [0.2, 0.25) is 15.9 Å². The van der Waals surface area contributed by atoms with Crippen LogP contribution in [0.25, 0.3) is 0 Å². The predicted molar refractivity (Wildman–Crippen MR) is 93.7 cm³/mol. The summed E-state index contributed by atoms with van der Waals surface area (Å²) < 4.78 is 24.9. The van der Waals surface area contributed by atoms with Crippen LogP contribution in [0, 0.1) is 0 Å². The molecule has 0 heterocycles. The Morgan fingerprint density at radius 1 is 1.04 bits per heavy atom. The molecule has 0 saturated carbocycles. The van der Waals surface area contributed by atoms with Gasteiger partial charge in [0.1, 0.15) is 6.54 Å². The summed E-state index contributed by atoms with van der Waals surface area (Å²) in [5.74, 6) is -0.547. The van der Waals surface area contributed by atoms with Crippen molar-refractivity contribution in [2.45, 2.75) is 0 Å². The number of sulfonamides is 1. The number of nitrogens with one attached hydrogen (secondary N) is 1. The fourth-order valence-corrected chi connectivity index (χ4v) is 3.27. The van der Waals surface area contributed by atoms with E-state index in [-0.39, 0.29) is 22.3 Å². The molecule has 0 atom stereocenters. The number of carbonyl (C=O) groups is 1. The maximum atomic E-state index is 12.2. The van der Waals surface area contributed by atoms with Crippen LogP contribution in [-0.4, -0.2) is 27.1 Å². The molecule has 0 fully saturated rings. The number of benzene rings is 2. The molecular weight excluding hydrogens is 359 g/mol. The van der Waals surface area contributed by atoms with Gasteiger partial charge < -0.3 is 5.32 Å². The van der Waals surface area contributed by atoms with Crippen LogP contribution in [0.4, 0.5) is 11.4 Å². The molecule has 0 saturated heterocycles. The molecular formula is C15H14Cl2N2O3S. The van der Waals surface area contributed by atoms with Crippen molar-refractivity contribution in [2.24, 2.45) is 0 Å². The third-order valence-electron chi connectivity index (χ3n) is 2.96. The number of para-hydroxylation sites is 2. The lowest BCUT2D eigenvalue weighted by molar-refractivity contribution is -0.114. The Kier molecular flexibility index (Phi) is 5.51. The quantitative estimate of drug-likeness (QED) is 0.874. The zero-order valence-corrected chi connectivity index (χ0v) is 14.5. The lowest BCUT2D eigenvalue weighted by Gasteiger charge is -2.22. The van der Waals surface area contributed by atoms with E-state index in [1.54, 1.807) is 48.5 Å². The molecule has 0 radical (unpaired) electrons. The van der Waals surface area contributed by atoms with Gasteiger partial charge in [-0.1, -0.05) is 47.5 Å². The lowest BCUT2D eigenvalue weighted by atomic mass is 10.3. The van der Waals surface area contributed by atoms with Gasteiger partial charge in [-0.25, -0.2) is 8.42 Å². The topological polar surface area (TPSA) is 66.5 Å². The highest BCUT2D eigenvalue weighted by Crippen LogP contribution is 2.29. The van der Waals surface area contributed by atoms with E-state index in [1.807, 2.05) is 0 Å². The van der Waals surface area contributed by atoms with Crippen molar-refractivity contribution < 1.29 is 13.2 Å². The van der Waals surface area contributed by atoms with Gasteiger partial charge in [-0.3, -0.25) is 9.10 Å². The molecule has 0 bridgehead atoms. The number of nitrogens with zero attached hydrogens (tertiary/aromatic N) is 1. The zero-order valence-electron chi connectivity index (χ0n) is 12.2. The molecule has 0 aliphatic heterocycles. The van der Waals surface area contributed by atoms with Crippen molar-refractivity contribution in [1.29, 1.82) is 0 Å². The minimum absolute atomic E-state index is 0.252. The fraction of sp³-hybridized carbons (Fsp3) is 0.133. The number of anilines is 2. The Morgan fingerprint density at radius 3 is 2.13 bits per heavy atom. The Bertz CT molecular complexity index is 790. The van der Waals surface area contributed by atoms with Crippen LogP contribution in [0.3, 0.4) is 0 Å². The van der Waals surface area contributed by atoms with E-state index < -0.39 is 15.9 Å². The number of amides is 1. The van der Waals surface area contributed by atoms with E-state index in [4.69, 9.17) is 23.2 Å². The normalized spacial score (nSPS) is 11.1. The molecule has 2 aromatic carbocycles. The van der Waals surface area contributed by atoms with Gasteiger partial charge in [0.25, 0.3) is 0 Å². The van der Waals surface area contributed by atoms with Crippen molar-refractivity contribution in [2.75, 3.05) is 22.4 Å². The van der Waals surface area contributed by atoms with Crippen LogP contribution in [0.5, 0.6) is 0 Å². The van der Waals surface area contributed by atoms with Gasteiger partial charge in [0, 0.05) is 0 Å². The van der Waals surface area contributed by atoms with Crippen LogP contribution in [0.2, 0.25) is 10.0 Å². The SMILES string of the molecule is CS(=O)(=O)N(CC(=O)Nc1c(Cl)cccc1Cl)c1ccccc1. The van der Waals surface area contributed by atoms with Crippen LogP contribution in [-0.2, 0) is 14.8 Å². The summed E-state index contributed by atoms with van der Waals surface area (Å²) >= 11 is 12.0. The highest BCUT2D eigenvalue weighted by Gasteiger charge is 2.21. The number of rotatable bonds is 5. The fourth-order valence-electron chi connectivity index (χ4n) is 1.92. The first-order chi connectivity index (χ1) is 10.8. The molecule has 0 unspecified atom stereocenters. The van der Waals surface area contributed by atoms with Gasteiger partial charge in [-0.05, 0) is 24.3 Å². The second-order valence-corrected chi connectivity index (χ2v) is 7.47. The van der Waals surface area contributed by atoms with Crippen molar-refractivity contribution in [3.8, 4) is 0 Å². The summed E-state index contributed by atoms with van der Waals surface area (Å²) in [4.78, 5) is 12.2. The maximum absolute atomic E-state index is 12.2. The Labute approximate surface area is 144 Å². The third kappa shape index (κ3) is 4.60. The number of hydrogen-bond donors (Lipinski definition) is 1. The van der Waals surface area contributed by atoms with Crippen molar-refractivity contribution in [1.82, 2.24) is 0 Å². The average Bonchev–Trinajstić information content (AvgIpc) is 2.48. The first-order valence-corrected chi connectivity index (χ1v) is 9.16. The molecule has 2 aromatic rings. The molecule has 1 amide bonds. The highest BCUT2D eigenvalue weighted by atomic mass is 35.5. The van der Waals surface area contributed by atoms with E-state index in [1.165, 1.54) is 0 Å². The van der Waals surface area contributed by atoms with Crippen molar-refractivity contribution >= 4 is 50.5 Å². The number of carbonyl (C=O) groups excluding carboxylic acids is 1. The van der Waals surface area contributed by atoms with Crippen LogP contribution >= 0.6 is 23.2 Å². The molecule has 122 valence electrons. The molecule has 0 spiro atoms. The molecule has 5 nitrogen and oxygen atoms in total. The van der Waals surface area contributed by atoms with Crippen LogP contribution < -0.4 is 9.62 Å². The van der Waals surface area contributed by atoms with Crippen molar-refractivity contribution in [3.05, 3.63) is 58.6 Å². The first-order valence-electron chi connectivity index (χ1n) is 6.55. The highest BCUT2D eigenvalue weighted by molar-refractivity contribution is 7.92. The molecule has 23 heavy (non-hydrogen) atoms. The van der Waals surface area contributed by atoms with Gasteiger partial charge in [-0.2, -0.15) is 0 Å².